The smallest absolute Gasteiger partial charge is 0.327 e. The van der Waals surface area contributed by atoms with E-state index in [-0.39, 0.29) is 12.1 Å². The quantitative estimate of drug-likeness (QED) is 0.897. The largest absolute Gasteiger partial charge is 0.331 e. The van der Waals surface area contributed by atoms with Crippen LogP contribution in [0.4, 0.5) is 4.79 Å². The molecule has 18 heavy (non-hydrogen) atoms. The average molecular weight is 243 g/mol. The Morgan fingerprint density at radius 2 is 2.17 bits per heavy atom. The second kappa shape index (κ2) is 6.00. The van der Waals surface area contributed by atoms with Crippen molar-refractivity contribution < 1.29 is 4.79 Å². The first-order valence-corrected chi connectivity index (χ1v) is 6.15. The summed E-state index contributed by atoms with van der Waals surface area (Å²) in [5.74, 6) is 0. The van der Waals surface area contributed by atoms with E-state index in [0.29, 0.717) is 0 Å². The van der Waals surface area contributed by atoms with Crippen molar-refractivity contribution in [2.75, 3.05) is 0 Å². The highest BCUT2D eigenvalue weighted by atomic mass is 16.2. The number of benzene rings is 1. The normalized spacial score (nSPS) is 12.1. The molecule has 2 aromatic rings. The number of nitrogens with zero attached hydrogens (tertiary/aromatic N) is 2. The second-order valence-corrected chi connectivity index (χ2v) is 4.17. The van der Waals surface area contributed by atoms with Crippen LogP contribution in [0.15, 0.2) is 49.1 Å². The van der Waals surface area contributed by atoms with Crippen LogP contribution in [-0.2, 0) is 0 Å². The van der Waals surface area contributed by atoms with Crippen LogP contribution < -0.4 is 5.32 Å². The highest BCUT2D eigenvalue weighted by Crippen LogP contribution is 2.18. The summed E-state index contributed by atoms with van der Waals surface area (Å²) >= 11 is 0. The number of rotatable bonds is 4. The Labute approximate surface area is 107 Å². The zero-order valence-electron chi connectivity index (χ0n) is 10.4. The summed E-state index contributed by atoms with van der Waals surface area (Å²) in [5.41, 5.74) is 1.13. The van der Waals surface area contributed by atoms with Crippen molar-refractivity contribution in [2.45, 2.75) is 25.8 Å². The van der Waals surface area contributed by atoms with Crippen molar-refractivity contribution in [3.8, 4) is 0 Å². The number of hydrogen-bond acceptors (Lipinski definition) is 2. The van der Waals surface area contributed by atoms with Crippen LogP contribution in [0.2, 0.25) is 0 Å². The molecule has 0 saturated heterocycles. The first-order valence-electron chi connectivity index (χ1n) is 6.15. The topological polar surface area (TPSA) is 46.9 Å². The van der Waals surface area contributed by atoms with Crippen LogP contribution in [0.5, 0.6) is 0 Å². The Balaban J connectivity index is 2.10. The highest BCUT2D eigenvalue weighted by Gasteiger charge is 2.14. The number of nitrogens with one attached hydrogen (secondary N) is 1. The lowest BCUT2D eigenvalue weighted by Gasteiger charge is -2.18. The fraction of sp³-hybridized carbons (Fsp3) is 0.286. The first kappa shape index (κ1) is 12.4. The Morgan fingerprint density at radius 1 is 1.39 bits per heavy atom. The van der Waals surface area contributed by atoms with Gasteiger partial charge in [-0.15, -0.1) is 0 Å². The van der Waals surface area contributed by atoms with Gasteiger partial charge in [0.1, 0.15) is 6.33 Å². The maximum absolute atomic E-state index is 12.0. The SMILES string of the molecule is CCCC(NC(=O)n1ccnc1)c1ccccc1. The summed E-state index contributed by atoms with van der Waals surface area (Å²) in [6.45, 7) is 2.11. The molecule has 0 radical (unpaired) electrons. The monoisotopic (exact) mass is 243 g/mol. The van der Waals surface area contributed by atoms with E-state index in [9.17, 15) is 4.79 Å². The Kier molecular flexibility index (Phi) is 4.12. The van der Waals surface area contributed by atoms with Crippen LogP contribution >= 0.6 is 0 Å². The average Bonchev–Trinajstić information content (AvgIpc) is 2.93. The number of amides is 1. The van der Waals surface area contributed by atoms with Crippen molar-refractivity contribution in [3.63, 3.8) is 0 Å². The molecule has 1 amide bonds. The summed E-state index contributed by atoms with van der Waals surface area (Å²) in [6, 6.07) is 9.93. The van der Waals surface area contributed by atoms with E-state index in [4.69, 9.17) is 0 Å². The molecule has 1 aromatic heterocycles. The lowest BCUT2D eigenvalue weighted by atomic mass is 10.0. The van der Waals surface area contributed by atoms with Gasteiger partial charge in [0.2, 0.25) is 0 Å². The molecular weight excluding hydrogens is 226 g/mol. The lowest BCUT2D eigenvalue weighted by Crippen LogP contribution is -2.31. The maximum atomic E-state index is 12.0. The molecule has 0 fully saturated rings. The zero-order chi connectivity index (χ0) is 12.8. The predicted octanol–water partition coefficient (Wildman–Crippen LogP) is 2.98. The van der Waals surface area contributed by atoms with E-state index in [2.05, 4.69) is 17.2 Å². The minimum atomic E-state index is -0.144. The van der Waals surface area contributed by atoms with Gasteiger partial charge in [0.15, 0.2) is 0 Å². The van der Waals surface area contributed by atoms with Gasteiger partial charge in [-0.25, -0.2) is 9.78 Å². The van der Waals surface area contributed by atoms with E-state index in [0.717, 1.165) is 18.4 Å². The highest BCUT2D eigenvalue weighted by molar-refractivity contribution is 5.76. The van der Waals surface area contributed by atoms with E-state index in [1.54, 1.807) is 12.4 Å². The van der Waals surface area contributed by atoms with E-state index in [1.807, 2.05) is 30.3 Å². The molecule has 1 aromatic carbocycles. The summed E-state index contributed by atoms with van der Waals surface area (Å²) in [5, 5.41) is 3.02. The summed E-state index contributed by atoms with van der Waals surface area (Å²) in [4.78, 5) is 15.8. The van der Waals surface area contributed by atoms with Crippen molar-refractivity contribution in [1.29, 1.82) is 0 Å². The number of imidazole rings is 1. The lowest BCUT2D eigenvalue weighted by molar-refractivity contribution is 0.237. The molecule has 0 aliphatic rings. The van der Waals surface area contributed by atoms with E-state index < -0.39 is 0 Å². The van der Waals surface area contributed by atoms with Crippen molar-refractivity contribution in [3.05, 3.63) is 54.6 Å². The predicted molar refractivity (Wildman–Crippen MR) is 70.2 cm³/mol. The fourth-order valence-electron chi connectivity index (χ4n) is 1.90. The summed E-state index contributed by atoms with van der Waals surface area (Å²) < 4.78 is 1.45. The molecule has 2 rings (SSSR count). The maximum Gasteiger partial charge on any atom is 0.327 e. The van der Waals surface area contributed by atoms with Gasteiger partial charge in [-0.2, -0.15) is 0 Å². The second-order valence-electron chi connectivity index (χ2n) is 4.17. The molecule has 1 heterocycles. The molecule has 0 aliphatic carbocycles. The van der Waals surface area contributed by atoms with Gasteiger partial charge in [-0.3, -0.25) is 4.57 Å². The van der Waals surface area contributed by atoms with Crippen LogP contribution in [0.1, 0.15) is 31.4 Å². The number of carbonyl (C=O) groups is 1. The minimum absolute atomic E-state index is 0.0473. The Hall–Kier alpha value is -2.10. The molecule has 1 atom stereocenters. The third-order valence-corrected chi connectivity index (χ3v) is 2.82. The third kappa shape index (κ3) is 2.97. The van der Waals surface area contributed by atoms with Gasteiger partial charge < -0.3 is 5.32 Å². The summed E-state index contributed by atoms with van der Waals surface area (Å²) in [7, 11) is 0. The van der Waals surface area contributed by atoms with Gasteiger partial charge in [-0.1, -0.05) is 43.7 Å². The minimum Gasteiger partial charge on any atom is -0.331 e. The molecule has 0 saturated carbocycles. The molecule has 0 spiro atoms. The molecule has 0 bridgehead atoms. The summed E-state index contributed by atoms with van der Waals surface area (Å²) in [6.07, 6.45) is 6.68. The first-order chi connectivity index (χ1) is 8.81. The van der Waals surface area contributed by atoms with Crippen molar-refractivity contribution in [1.82, 2.24) is 14.9 Å². The van der Waals surface area contributed by atoms with Gasteiger partial charge in [0.25, 0.3) is 0 Å². The van der Waals surface area contributed by atoms with Crippen LogP contribution in [-0.4, -0.2) is 15.6 Å². The van der Waals surface area contributed by atoms with Gasteiger partial charge >= 0.3 is 6.03 Å². The Bertz CT molecular complexity index is 479. The molecule has 0 aliphatic heterocycles. The standard InChI is InChI=1S/C14H17N3O/c1-2-6-13(12-7-4-3-5-8-12)16-14(18)17-10-9-15-11-17/h3-5,7-11,13H,2,6H2,1H3,(H,16,18). The van der Waals surface area contributed by atoms with Gasteiger partial charge in [0, 0.05) is 12.4 Å². The van der Waals surface area contributed by atoms with Crippen LogP contribution in [0, 0.1) is 0 Å². The van der Waals surface area contributed by atoms with E-state index in [1.165, 1.54) is 10.9 Å². The zero-order valence-corrected chi connectivity index (χ0v) is 10.4. The molecule has 94 valence electrons. The van der Waals surface area contributed by atoms with Crippen LogP contribution in [0.3, 0.4) is 0 Å². The van der Waals surface area contributed by atoms with Crippen molar-refractivity contribution in [2.24, 2.45) is 0 Å². The molecule has 1 unspecified atom stereocenters. The molecular formula is C14H17N3O. The number of hydrogen-bond donors (Lipinski definition) is 1. The fourth-order valence-corrected chi connectivity index (χ4v) is 1.90. The molecule has 1 N–H and O–H groups in total. The third-order valence-electron chi connectivity index (χ3n) is 2.82. The Morgan fingerprint density at radius 3 is 2.78 bits per heavy atom. The molecule has 4 heteroatoms. The molecule has 4 nitrogen and oxygen atoms in total. The van der Waals surface area contributed by atoms with E-state index >= 15 is 0 Å². The van der Waals surface area contributed by atoms with Gasteiger partial charge in [0.05, 0.1) is 6.04 Å². The number of aromatic nitrogens is 2. The van der Waals surface area contributed by atoms with Crippen LogP contribution in [0.25, 0.3) is 0 Å². The number of carbonyl (C=O) groups excluding carboxylic acids is 1. The van der Waals surface area contributed by atoms with Gasteiger partial charge in [-0.05, 0) is 12.0 Å². The van der Waals surface area contributed by atoms with Crippen molar-refractivity contribution >= 4 is 6.03 Å².